The highest BCUT2D eigenvalue weighted by Crippen LogP contribution is 2.26. The van der Waals surface area contributed by atoms with E-state index in [-0.39, 0.29) is 7.69 Å². The average molecular weight is 186 g/mol. The van der Waals surface area contributed by atoms with Crippen LogP contribution in [0.4, 0.5) is 0 Å². The second kappa shape index (κ2) is 3.60. The molecule has 0 amide bonds. The van der Waals surface area contributed by atoms with E-state index in [1.807, 2.05) is 13.8 Å². The molecule has 0 spiro atoms. The summed E-state index contributed by atoms with van der Waals surface area (Å²) in [5, 5.41) is 9.75. The molecule has 1 aliphatic rings. The van der Waals surface area contributed by atoms with Gasteiger partial charge in [0.1, 0.15) is 0 Å². The summed E-state index contributed by atoms with van der Waals surface area (Å²) in [4.78, 5) is 0. The third-order valence-electron chi connectivity index (χ3n) is 2.72. The Morgan fingerprint density at radius 2 is 1.77 bits per heavy atom. The fraction of sp³-hybridized carbons (Fsp3) is 1.00. The Labute approximate surface area is 80.7 Å². The van der Waals surface area contributed by atoms with Crippen molar-refractivity contribution in [1.29, 1.82) is 0 Å². The first-order valence-corrected chi connectivity index (χ1v) is 4.81. The summed E-state index contributed by atoms with van der Waals surface area (Å²) in [5.41, 5.74) is -1.41. The van der Waals surface area contributed by atoms with E-state index in [9.17, 15) is 5.11 Å². The van der Waals surface area contributed by atoms with Gasteiger partial charge < -0.3 is 14.4 Å². The summed E-state index contributed by atoms with van der Waals surface area (Å²) in [6.45, 7) is 7.21. The summed E-state index contributed by atoms with van der Waals surface area (Å²) in [6.07, 6.45) is 2.69. The van der Waals surface area contributed by atoms with Crippen LogP contribution in [0.5, 0.6) is 0 Å². The lowest BCUT2D eigenvalue weighted by molar-refractivity contribution is -0.0981. The highest BCUT2D eigenvalue weighted by atomic mass is 16.6. The first-order valence-electron chi connectivity index (χ1n) is 4.81. The minimum atomic E-state index is -0.847. The smallest absolute Gasteiger partial charge is 0.411 e. The maximum atomic E-state index is 9.75. The summed E-state index contributed by atoms with van der Waals surface area (Å²) in [7, 11) is 0.279. The summed E-state index contributed by atoms with van der Waals surface area (Å²) >= 11 is 0. The second-order valence-corrected chi connectivity index (χ2v) is 4.70. The normalized spacial score (nSPS) is 18.8. The van der Waals surface area contributed by atoms with Crippen molar-refractivity contribution >= 4 is 7.69 Å². The molecule has 0 aromatic rings. The van der Waals surface area contributed by atoms with Crippen LogP contribution >= 0.6 is 0 Å². The molecule has 76 valence electrons. The molecule has 4 heteroatoms. The zero-order valence-corrected chi connectivity index (χ0v) is 8.96. The average Bonchev–Trinajstić information content (AvgIpc) is 2.68. The zero-order chi connectivity index (χ0) is 10.1. The minimum Gasteiger partial charge on any atom is -0.411 e. The van der Waals surface area contributed by atoms with Crippen LogP contribution in [0.25, 0.3) is 0 Å². The van der Waals surface area contributed by atoms with Gasteiger partial charge in [0.25, 0.3) is 0 Å². The van der Waals surface area contributed by atoms with Crippen molar-refractivity contribution in [3.63, 3.8) is 0 Å². The number of aliphatic hydroxyl groups is 1. The lowest BCUT2D eigenvalue weighted by atomic mass is 9.89. The van der Waals surface area contributed by atoms with Gasteiger partial charge in [0.15, 0.2) is 0 Å². The number of hydrogen-bond donors (Lipinski definition) is 1. The molecule has 0 aliphatic heterocycles. The molecule has 1 fully saturated rings. The number of hydrogen-bond acceptors (Lipinski definition) is 3. The van der Waals surface area contributed by atoms with E-state index in [4.69, 9.17) is 9.31 Å². The van der Waals surface area contributed by atoms with Crippen LogP contribution in [0.1, 0.15) is 40.5 Å². The van der Waals surface area contributed by atoms with Crippen molar-refractivity contribution < 1.29 is 14.4 Å². The Balaban J connectivity index is 2.23. The largest absolute Gasteiger partial charge is 0.438 e. The molecular weight excluding hydrogens is 167 g/mol. The van der Waals surface area contributed by atoms with E-state index >= 15 is 0 Å². The quantitative estimate of drug-likeness (QED) is 0.651. The molecule has 1 saturated carbocycles. The molecule has 0 radical (unpaired) electrons. The molecule has 13 heavy (non-hydrogen) atoms. The van der Waals surface area contributed by atoms with Crippen molar-refractivity contribution in [1.82, 2.24) is 0 Å². The fourth-order valence-electron chi connectivity index (χ4n) is 0.689. The van der Waals surface area contributed by atoms with Crippen molar-refractivity contribution in [3.05, 3.63) is 0 Å². The van der Waals surface area contributed by atoms with Gasteiger partial charge in [-0.1, -0.05) is 0 Å². The molecule has 1 rings (SSSR count). The third-order valence-corrected chi connectivity index (χ3v) is 2.72. The molecule has 0 aromatic carbocycles. The van der Waals surface area contributed by atoms with Gasteiger partial charge in [-0.25, -0.2) is 0 Å². The van der Waals surface area contributed by atoms with Crippen LogP contribution in [-0.2, 0) is 9.31 Å². The molecule has 1 N–H and O–H groups in total. The van der Waals surface area contributed by atoms with Crippen molar-refractivity contribution in [2.24, 2.45) is 0 Å². The van der Waals surface area contributed by atoms with Gasteiger partial charge in [-0.2, -0.15) is 0 Å². The first kappa shape index (κ1) is 11.0. The van der Waals surface area contributed by atoms with Crippen LogP contribution in [0.3, 0.4) is 0 Å². The Kier molecular flexibility index (Phi) is 3.05. The highest BCUT2D eigenvalue weighted by Gasteiger charge is 2.36. The molecule has 0 unspecified atom stereocenters. The zero-order valence-electron chi connectivity index (χ0n) is 8.96. The van der Waals surface area contributed by atoms with E-state index in [1.54, 1.807) is 13.8 Å². The van der Waals surface area contributed by atoms with Crippen LogP contribution in [0.2, 0.25) is 0 Å². The van der Waals surface area contributed by atoms with E-state index < -0.39 is 11.2 Å². The van der Waals surface area contributed by atoms with Crippen LogP contribution in [0, 0.1) is 0 Å². The van der Waals surface area contributed by atoms with Crippen LogP contribution in [-0.4, -0.2) is 30.1 Å². The van der Waals surface area contributed by atoms with Gasteiger partial charge in [-0.15, -0.1) is 0 Å². The molecule has 0 saturated heterocycles. The van der Waals surface area contributed by atoms with Crippen molar-refractivity contribution in [2.75, 3.05) is 0 Å². The molecule has 0 bridgehead atoms. The molecule has 0 heterocycles. The lowest BCUT2D eigenvalue weighted by Crippen LogP contribution is -2.48. The fourth-order valence-corrected chi connectivity index (χ4v) is 0.689. The van der Waals surface area contributed by atoms with Gasteiger partial charge in [0.05, 0.1) is 11.2 Å². The van der Waals surface area contributed by atoms with Crippen LogP contribution in [0.15, 0.2) is 0 Å². The summed E-state index contributed by atoms with van der Waals surface area (Å²) in [5.74, 6) is 0. The summed E-state index contributed by atoms with van der Waals surface area (Å²) in [6, 6.07) is 0. The third kappa shape index (κ3) is 3.29. The highest BCUT2D eigenvalue weighted by molar-refractivity contribution is 6.18. The molecule has 3 nitrogen and oxygen atoms in total. The van der Waals surface area contributed by atoms with Crippen molar-refractivity contribution in [3.8, 4) is 0 Å². The molecule has 0 atom stereocenters. The van der Waals surface area contributed by atoms with Gasteiger partial charge in [-0.3, -0.25) is 0 Å². The molecule has 0 aromatic heterocycles. The SMILES string of the molecule is CC(C)(O)C(C)(C)OBOC1CC1. The van der Waals surface area contributed by atoms with E-state index in [0.29, 0.717) is 6.10 Å². The Morgan fingerprint density at radius 1 is 1.23 bits per heavy atom. The molecular formula is C9H19BO3. The first-order chi connectivity index (χ1) is 5.83. The standard InChI is InChI=1S/C9H19BO3/c1-8(2,11)9(3,4)13-10-12-7-5-6-7/h7,10-11H,5-6H2,1-4H3. The maximum Gasteiger partial charge on any atom is 0.438 e. The Morgan fingerprint density at radius 3 is 2.15 bits per heavy atom. The lowest BCUT2D eigenvalue weighted by Gasteiger charge is -2.37. The molecule has 1 aliphatic carbocycles. The van der Waals surface area contributed by atoms with Gasteiger partial charge >= 0.3 is 7.69 Å². The maximum absolute atomic E-state index is 9.75. The Bertz CT molecular complexity index is 170. The van der Waals surface area contributed by atoms with E-state index in [0.717, 1.165) is 12.8 Å². The predicted molar refractivity (Wildman–Crippen MR) is 52.7 cm³/mol. The number of rotatable bonds is 5. The van der Waals surface area contributed by atoms with Crippen molar-refractivity contribution in [2.45, 2.75) is 57.8 Å². The minimum absolute atomic E-state index is 0.279. The van der Waals surface area contributed by atoms with Gasteiger partial charge in [-0.05, 0) is 40.5 Å². The topological polar surface area (TPSA) is 38.7 Å². The summed E-state index contributed by atoms with van der Waals surface area (Å²) < 4.78 is 10.8. The predicted octanol–water partition coefficient (Wildman–Crippen LogP) is 0.998. The monoisotopic (exact) mass is 186 g/mol. The second-order valence-electron chi connectivity index (χ2n) is 4.70. The van der Waals surface area contributed by atoms with Gasteiger partial charge in [0, 0.05) is 6.10 Å². The Hall–Kier alpha value is -0.0551. The van der Waals surface area contributed by atoms with Gasteiger partial charge in [0.2, 0.25) is 0 Å². The van der Waals surface area contributed by atoms with E-state index in [1.165, 1.54) is 0 Å². The van der Waals surface area contributed by atoms with Crippen LogP contribution < -0.4 is 0 Å². The van der Waals surface area contributed by atoms with E-state index in [2.05, 4.69) is 0 Å².